The maximum atomic E-state index is 12.1. The summed E-state index contributed by atoms with van der Waals surface area (Å²) in [5.74, 6) is -0.448. The number of hydrogen-bond acceptors (Lipinski definition) is 5. The molecule has 28 heavy (non-hydrogen) atoms. The zero-order valence-electron chi connectivity index (χ0n) is 15.8. The molecule has 0 saturated carbocycles. The summed E-state index contributed by atoms with van der Waals surface area (Å²) < 4.78 is 5.64. The molecule has 2 amide bonds. The number of aryl methyl sites for hydroxylation is 1. The highest BCUT2D eigenvalue weighted by Gasteiger charge is 2.16. The van der Waals surface area contributed by atoms with E-state index in [2.05, 4.69) is 10.9 Å². The molecule has 0 bridgehead atoms. The van der Waals surface area contributed by atoms with Gasteiger partial charge < -0.3 is 4.74 Å². The highest BCUT2D eigenvalue weighted by Crippen LogP contribution is 2.21. The largest absolute Gasteiger partial charge is 0.481 e. The average Bonchev–Trinajstić information content (AvgIpc) is 2.68. The zero-order valence-corrected chi connectivity index (χ0v) is 15.8. The Bertz CT molecular complexity index is 907. The summed E-state index contributed by atoms with van der Waals surface area (Å²) in [4.78, 5) is 34.0. The van der Waals surface area contributed by atoms with Gasteiger partial charge in [0.2, 0.25) is 0 Å². The molecule has 0 heterocycles. The Labute approximate surface area is 162 Å². The summed E-state index contributed by atoms with van der Waals surface area (Å²) in [5, 5.41) is 10.6. The van der Waals surface area contributed by atoms with Gasteiger partial charge in [-0.15, -0.1) is 0 Å². The Kier molecular flexibility index (Phi) is 6.86. The SMILES string of the molecule is Cc1cccc(OC(C)C(=O)NNC(=O)/C=C/c2ccc([N+](=O)[O-])cc2)c1C. The van der Waals surface area contributed by atoms with Crippen LogP contribution in [0.3, 0.4) is 0 Å². The minimum atomic E-state index is -0.806. The third-order valence-electron chi connectivity index (χ3n) is 4.07. The summed E-state index contributed by atoms with van der Waals surface area (Å²) in [7, 11) is 0. The first-order valence-electron chi connectivity index (χ1n) is 8.53. The van der Waals surface area contributed by atoms with Crippen molar-refractivity contribution in [2.45, 2.75) is 26.9 Å². The molecule has 0 aliphatic rings. The molecule has 8 nitrogen and oxygen atoms in total. The second-order valence-corrected chi connectivity index (χ2v) is 6.12. The van der Waals surface area contributed by atoms with Crippen LogP contribution in [0.1, 0.15) is 23.6 Å². The number of nitro benzene ring substituents is 1. The third kappa shape index (κ3) is 5.66. The Morgan fingerprint density at radius 2 is 1.79 bits per heavy atom. The van der Waals surface area contributed by atoms with Crippen molar-refractivity contribution in [2.24, 2.45) is 0 Å². The number of nitro groups is 1. The number of ether oxygens (including phenoxy) is 1. The number of nitrogens with zero attached hydrogens (tertiary/aromatic N) is 1. The van der Waals surface area contributed by atoms with Crippen LogP contribution in [0.2, 0.25) is 0 Å². The van der Waals surface area contributed by atoms with Crippen molar-refractivity contribution in [3.8, 4) is 5.75 Å². The summed E-state index contributed by atoms with van der Waals surface area (Å²) >= 11 is 0. The van der Waals surface area contributed by atoms with Crippen molar-refractivity contribution in [1.82, 2.24) is 10.9 Å². The fourth-order valence-electron chi connectivity index (χ4n) is 2.24. The Morgan fingerprint density at radius 1 is 1.11 bits per heavy atom. The predicted molar refractivity (Wildman–Crippen MR) is 104 cm³/mol. The van der Waals surface area contributed by atoms with Gasteiger partial charge in [-0.1, -0.05) is 12.1 Å². The number of carbonyl (C=O) groups is 2. The second kappa shape index (κ2) is 9.31. The number of hydrogen-bond donors (Lipinski definition) is 2. The molecule has 1 unspecified atom stereocenters. The van der Waals surface area contributed by atoms with Gasteiger partial charge in [-0.2, -0.15) is 0 Å². The van der Waals surface area contributed by atoms with Crippen molar-refractivity contribution in [3.63, 3.8) is 0 Å². The van der Waals surface area contributed by atoms with Gasteiger partial charge in [0.1, 0.15) is 5.75 Å². The van der Waals surface area contributed by atoms with Gasteiger partial charge in [-0.25, -0.2) is 0 Å². The Morgan fingerprint density at radius 3 is 2.43 bits per heavy atom. The summed E-state index contributed by atoms with van der Waals surface area (Å²) in [6, 6.07) is 11.3. The summed E-state index contributed by atoms with van der Waals surface area (Å²) in [6.45, 7) is 5.43. The molecule has 0 aromatic heterocycles. The molecule has 1 atom stereocenters. The van der Waals surface area contributed by atoms with Crippen LogP contribution < -0.4 is 15.6 Å². The maximum absolute atomic E-state index is 12.1. The van der Waals surface area contributed by atoms with Crippen LogP contribution in [0.5, 0.6) is 5.75 Å². The van der Waals surface area contributed by atoms with Crippen LogP contribution in [0.15, 0.2) is 48.5 Å². The molecule has 2 rings (SSSR count). The smallest absolute Gasteiger partial charge is 0.279 e. The molecule has 0 aliphatic heterocycles. The van der Waals surface area contributed by atoms with Gasteiger partial charge in [0.25, 0.3) is 17.5 Å². The highest BCUT2D eigenvalue weighted by molar-refractivity contribution is 5.93. The molecule has 0 saturated heterocycles. The summed E-state index contributed by atoms with van der Waals surface area (Å²) in [6.07, 6.45) is 1.87. The van der Waals surface area contributed by atoms with E-state index < -0.39 is 22.8 Å². The van der Waals surface area contributed by atoms with Crippen LogP contribution in [-0.4, -0.2) is 22.8 Å². The topological polar surface area (TPSA) is 111 Å². The predicted octanol–water partition coefficient (Wildman–Crippen LogP) is 2.84. The molecule has 0 spiro atoms. The fraction of sp³-hybridized carbons (Fsp3) is 0.200. The van der Waals surface area contributed by atoms with Gasteiger partial charge in [-0.05, 0) is 61.7 Å². The van der Waals surface area contributed by atoms with Crippen LogP contribution in [0.25, 0.3) is 6.08 Å². The Hall–Kier alpha value is -3.68. The van der Waals surface area contributed by atoms with Crippen molar-refractivity contribution < 1.29 is 19.2 Å². The van der Waals surface area contributed by atoms with E-state index in [1.54, 1.807) is 13.0 Å². The van der Waals surface area contributed by atoms with Gasteiger partial charge >= 0.3 is 0 Å². The lowest BCUT2D eigenvalue weighted by molar-refractivity contribution is -0.384. The van der Waals surface area contributed by atoms with E-state index in [0.29, 0.717) is 11.3 Å². The first kappa shape index (κ1) is 20.6. The van der Waals surface area contributed by atoms with Crippen molar-refractivity contribution in [1.29, 1.82) is 0 Å². The van der Waals surface area contributed by atoms with Crippen molar-refractivity contribution in [3.05, 3.63) is 75.3 Å². The molecule has 0 aliphatic carbocycles. The van der Waals surface area contributed by atoms with E-state index in [0.717, 1.165) is 11.1 Å². The quantitative estimate of drug-likeness (QED) is 0.453. The molecule has 2 aromatic rings. The number of hydrazine groups is 1. The second-order valence-electron chi connectivity index (χ2n) is 6.12. The van der Waals surface area contributed by atoms with Gasteiger partial charge in [-0.3, -0.25) is 30.6 Å². The van der Waals surface area contributed by atoms with Gasteiger partial charge in [0.05, 0.1) is 4.92 Å². The average molecular weight is 383 g/mol. The fourth-order valence-corrected chi connectivity index (χ4v) is 2.24. The first-order chi connectivity index (χ1) is 13.3. The normalized spacial score (nSPS) is 11.7. The maximum Gasteiger partial charge on any atom is 0.279 e. The highest BCUT2D eigenvalue weighted by atomic mass is 16.6. The van der Waals surface area contributed by atoms with E-state index in [1.165, 1.54) is 36.4 Å². The first-order valence-corrected chi connectivity index (χ1v) is 8.53. The molecule has 146 valence electrons. The lowest BCUT2D eigenvalue weighted by atomic mass is 10.1. The number of nitrogens with one attached hydrogen (secondary N) is 2. The molecule has 0 fully saturated rings. The molecular formula is C20H21N3O5. The number of amides is 2. The monoisotopic (exact) mass is 383 g/mol. The lowest BCUT2D eigenvalue weighted by Gasteiger charge is -2.17. The van der Waals surface area contributed by atoms with Crippen LogP contribution in [0.4, 0.5) is 5.69 Å². The third-order valence-corrected chi connectivity index (χ3v) is 4.07. The number of carbonyl (C=O) groups excluding carboxylic acids is 2. The molecular weight excluding hydrogens is 362 g/mol. The molecule has 2 aromatic carbocycles. The van der Waals surface area contributed by atoms with E-state index in [-0.39, 0.29) is 5.69 Å². The molecule has 2 N–H and O–H groups in total. The minimum absolute atomic E-state index is 0.0355. The van der Waals surface area contributed by atoms with Gasteiger partial charge in [0.15, 0.2) is 6.10 Å². The number of non-ortho nitro benzene ring substituents is 1. The van der Waals surface area contributed by atoms with E-state index >= 15 is 0 Å². The lowest BCUT2D eigenvalue weighted by Crippen LogP contribution is -2.46. The van der Waals surface area contributed by atoms with Crippen molar-refractivity contribution in [2.75, 3.05) is 0 Å². The standard InChI is InChI=1S/C20H21N3O5/c1-13-5-4-6-18(14(13)2)28-15(3)20(25)22-21-19(24)12-9-16-7-10-17(11-8-16)23(26)27/h4-12,15H,1-3H3,(H,21,24)(H,22,25)/b12-9+. The van der Waals surface area contributed by atoms with Crippen LogP contribution in [0, 0.1) is 24.0 Å². The summed E-state index contributed by atoms with van der Waals surface area (Å²) in [5.41, 5.74) is 7.12. The van der Waals surface area contributed by atoms with E-state index in [1.807, 2.05) is 26.0 Å². The molecule has 8 heteroatoms. The molecule has 0 radical (unpaired) electrons. The van der Waals surface area contributed by atoms with E-state index in [9.17, 15) is 19.7 Å². The zero-order chi connectivity index (χ0) is 20.7. The van der Waals surface area contributed by atoms with Gasteiger partial charge in [0, 0.05) is 18.2 Å². The van der Waals surface area contributed by atoms with Crippen LogP contribution >= 0.6 is 0 Å². The van der Waals surface area contributed by atoms with Crippen molar-refractivity contribution >= 4 is 23.6 Å². The van der Waals surface area contributed by atoms with Crippen LogP contribution in [-0.2, 0) is 9.59 Å². The van der Waals surface area contributed by atoms with E-state index in [4.69, 9.17) is 4.74 Å². The Balaban J connectivity index is 1.85. The number of rotatable bonds is 6. The number of benzene rings is 2. The minimum Gasteiger partial charge on any atom is -0.481 e.